The van der Waals surface area contributed by atoms with Gasteiger partial charge in [-0.15, -0.1) is 0 Å². The van der Waals surface area contributed by atoms with Crippen LogP contribution in [0.4, 0.5) is 10.5 Å². The zero-order valence-electron chi connectivity index (χ0n) is 9.02. The Hall–Kier alpha value is -2.24. The zero-order chi connectivity index (χ0) is 12.1. The number of nitrogens with one attached hydrogen (secondary N) is 1. The molecule has 0 aromatic heterocycles. The number of nitrogens with zero attached hydrogens (tertiary/aromatic N) is 1. The van der Waals surface area contributed by atoms with Gasteiger partial charge >= 0.3 is 6.09 Å². The van der Waals surface area contributed by atoms with Crippen LogP contribution in [0.5, 0.6) is 0 Å². The largest absolute Gasteiger partial charge is 0.453 e. The summed E-state index contributed by atoms with van der Waals surface area (Å²) < 4.78 is 4.47. The number of amidine groups is 1. The lowest BCUT2D eigenvalue weighted by Gasteiger charge is -2.11. The molecule has 0 saturated carbocycles. The summed E-state index contributed by atoms with van der Waals surface area (Å²) in [6.45, 7) is 1.79. The number of aryl methyl sites for hydroxylation is 1. The average Bonchev–Trinajstić information content (AvgIpc) is 2.28. The van der Waals surface area contributed by atoms with E-state index in [2.05, 4.69) is 15.2 Å². The number of ether oxygens (including phenoxy) is 1. The van der Waals surface area contributed by atoms with Crippen molar-refractivity contribution in [2.75, 3.05) is 12.4 Å². The lowest BCUT2D eigenvalue weighted by atomic mass is 10.1. The first-order valence-electron chi connectivity index (χ1n) is 4.52. The van der Waals surface area contributed by atoms with Crippen molar-refractivity contribution < 1.29 is 14.7 Å². The normalized spacial score (nSPS) is 11.0. The van der Waals surface area contributed by atoms with Crippen LogP contribution in [-0.4, -0.2) is 24.2 Å². The van der Waals surface area contributed by atoms with Gasteiger partial charge in [-0.1, -0.05) is 17.3 Å². The molecule has 86 valence electrons. The van der Waals surface area contributed by atoms with E-state index in [4.69, 9.17) is 10.9 Å². The molecule has 0 bridgehead atoms. The monoisotopic (exact) mass is 223 g/mol. The number of nitrogens with two attached hydrogens (primary N) is 1. The van der Waals surface area contributed by atoms with Gasteiger partial charge in [-0.05, 0) is 18.6 Å². The maximum absolute atomic E-state index is 11.1. The van der Waals surface area contributed by atoms with Gasteiger partial charge in [0.2, 0.25) is 0 Å². The van der Waals surface area contributed by atoms with Crippen molar-refractivity contribution >= 4 is 17.6 Å². The smallest absolute Gasteiger partial charge is 0.411 e. The fourth-order valence-electron chi connectivity index (χ4n) is 1.32. The molecule has 0 spiro atoms. The molecule has 1 amide bonds. The molecule has 4 N–H and O–H groups in total. The minimum absolute atomic E-state index is 0.0653. The van der Waals surface area contributed by atoms with Crippen LogP contribution < -0.4 is 11.1 Å². The Bertz CT molecular complexity index is 429. The molecule has 0 saturated heterocycles. The first-order chi connectivity index (χ1) is 7.60. The Balaban J connectivity index is 3.18. The van der Waals surface area contributed by atoms with Crippen LogP contribution in [-0.2, 0) is 4.74 Å². The number of oxime groups is 1. The molecule has 0 unspecified atom stereocenters. The number of methoxy groups -OCH3 is 1. The lowest BCUT2D eigenvalue weighted by molar-refractivity contribution is 0.187. The Morgan fingerprint density at radius 2 is 2.25 bits per heavy atom. The number of carbonyl (C=O) groups is 1. The van der Waals surface area contributed by atoms with E-state index in [1.165, 1.54) is 7.11 Å². The minimum Gasteiger partial charge on any atom is -0.453 e. The van der Waals surface area contributed by atoms with Gasteiger partial charge in [0, 0.05) is 5.56 Å². The molecule has 0 aliphatic carbocycles. The van der Waals surface area contributed by atoms with Gasteiger partial charge in [0.1, 0.15) is 0 Å². The van der Waals surface area contributed by atoms with E-state index in [9.17, 15) is 4.79 Å². The Labute approximate surface area is 92.7 Å². The van der Waals surface area contributed by atoms with E-state index in [0.29, 0.717) is 11.3 Å². The van der Waals surface area contributed by atoms with Gasteiger partial charge in [0.05, 0.1) is 12.8 Å². The summed E-state index contributed by atoms with van der Waals surface area (Å²) in [5.41, 5.74) is 7.20. The Kier molecular flexibility index (Phi) is 3.71. The summed E-state index contributed by atoms with van der Waals surface area (Å²) in [5, 5.41) is 14.0. The molecule has 6 nitrogen and oxygen atoms in total. The summed E-state index contributed by atoms with van der Waals surface area (Å²) in [6.07, 6.45) is -0.613. The fourth-order valence-corrected chi connectivity index (χ4v) is 1.32. The number of hydrogen-bond donors (Lipinski definition) is 3. The van der Waals surface area contributed by atoms with Gasteiger partial charge in [-0.3, -0.25) is 5.32 Å². The van der Waals surface area contributed by atoms with Gasteiger partial charge in [0.25, 0.3) is 0 Å². The molecular weight excluding hydrogens is 210 g/mol. The van der Waals surface area contributed by atoms with Crippen molar-refractivity contribution in [3.05, 3.63) is 29.3 Å². The molecule has 0 radical (unpaired) electrons. The van der Waals surface area contributed by atoms with E-state index in [0.717, 1.165) is 5.56 Å². The van der Waals surface area contributed by atoms with E-state index in [1.54, 1.807) is 25.1 Å². The summed E-state index contributed by atoms with van der Waals surface area (Å²) in [5.74, 6) is -0.0653. The van der Waals surface area contributed by atoms with Crippen molar-refractivity contribution in [3.8, 4) is 0 Å². The molecule has 6 heteroatoms. The van der Waals surface area contributed by atoms with Crippen molar-refractivity contribution in [3.63, 3.8) is 0 Å². The highest BCUT2D eigenvalue weighted by Crippen LogP contribution is 2.19. The fraction of sp³-hybridized carbons (Fsp3) is 0.200. The lowest BCUT2D eigenvalue weighted by Crippen LogP contribution is -2.20. The van der Waals surface area contributed by atoms with Gasteiger partial charge in [-0.25, -0.2) is 4.79 Å². The van der Waals surface area contributed by atoms with Gasteiger partial charge in [0.15, 0.2) is 5.84 Å². The summed E-state index contributed by atoms with van der Waals surface area (Å²) in [4.78, 5) is 11.1. The quantitative estimate of drug-likeness (QED) is 0.304. The van der Waals surface area contributed by atoms with Crippen molar-refractivity contribution in [1.29, 1.82) is 0 Å². The maximum Gasteiger partial charge on any atom is 0.411 e. The number of anilines is 1. The van der Waals surface area contributed by atoms with Crippen molar-refractivity contribution in [2.24, 2.45) is 10.9 Å². The van der Waals surface area contributed by atoms with Crippen LogP contribution in [0.3, 0.4) is 0 Å². The number of rotatable bonds is 2. The van der Waals surface area contributed by atoms with E-state index in [-0.39, 0.29) is 5.84 Å². The second-order valence-electron chi connectivity index (χ2n) is 3.10. The van der Waals surface area contributed by atoms with Crippen LogP contribution in [0.1, 0.15) is 11.1 Å². The average molecular weight is 223 g/mol. The minimum atomic E-state index is -0.613. The van der Waals surface area contributed by atoms with E-state index >= 15 is 0 Å². The first-order valence-corrected chi connectivity index (χ1v) is 4.52. The first kappa shape index (κ1) is 11.8. The Morgan fingerprint density at radius 1 is 1.56 bits per heavy atom. The third-order valence-corrected chi connectivity index (χ3v) is 2.06. The molecule has 0 aliphatic heterocycles. The summed E-state index contributed by atoms with van der Waals surface area (Å²) in [6, 6.07) is 5.17. The molecule has 0 fully saturated rings. The molecule has 0 heterocycles. The predicted octanol–water partition coefficient (Wildman–Crippen LogP) is 1.27. The number of amides is 1. The highest BCUT2D eigenvalue weighted by Gasteiger charge is 2.12. The van der Waals surface area contributed by atoms with E-state index < -0.39 is 6.09 Å². The van der Waals surface area contributed by atoms with Crippen LogP contribution in [0.25, 0.3) is 0 Å². The summed E-state index contributed by atoms with van der Waals surface area (Å²) >= 11 is 0. The Morgan fingerprint density at radius 3 is 2.81 bits per heavy atom. The SMILES string of the molecule is COC(=O)Nc1cccc(C)c1/C(N)=N/O. The number of hydrogen-bond acceptors (Lipinski definition) is 4. The second-order valence-corrected chi connectivity index (χ2v) is 3.10. The van der Waals surface area contributed by atoms with Crippen LogP contribution >= 0.6 is 0 Å². The molecular formula is C10H13N3O3. The molecule has 0 atom stereocenters. The molecule has 1 aromatic rings. The van der Waals surface area contributed by atoms with Crippen LogP contribution in [0, 0.1) is 6.92 Å². The molecule has 1 rings (SSSR count). The van der Waals surface area contributed by atoms with E-state index in [1.807, 2.05) is 0 Å². The van der Waals surface area contributed by atoms with Gasteiger partial charge in [-0.2, -0.15) is 0 Å². The van der Waals surface area contributed by atoms with Gasteiger partial charge < -0.3 is 15.7 Å². The third-order valence-electron chi connectivity index (χ3n) is 2.06. The third kappa shape index (κ3) is 2.41. The standard InChI is InChI=1S/C10H13N3O3/c1-6-4-3-5-7(12-10(14)16-2)8(6)9(11)13-15/h3-5,15H,1-2H3,(H2,11,13)(H,12,14). The van der Waals surface area contributed by atoms with Crippen molar-refractivity contribution in [1.82, 2.24) is 0 Å². The maximum atomic E-state index is 11.1. The van der Waals surface area contributed by atoms with Crippen molar-refractivity contribution in [2.45, 2.75) is 6.92 Å². The highest BCUT2D eigenvalue weighted by molar-refractivity contribution is 6.05. The molecule has 0 aliphatic rings. The molecule has 1 aromatic carbocycles. The highest BCUT2D eigenvalue weighted by atomic mass is 16.5. The van der Waals surface area contributed by atoms with Crippen LogP contribution in [0.2, 0.25) is 0 Å². The zero-order valence-corrected chi connectivity index (χ0v) is 9.02. The van der Waals surface area contributed by atoms with Crippen LogP contribution in [0.15, 0.2) is 23.4 Å². The number of carbonyl (C=O) groups excluding carboxylic acids is 1. The topological polar surface area (TPSA) is 96.9 Å². The summed E-state index contributed by atoms with van der Waals surface area (Å²) in [7, 11) is 1.26. The number of benzene rings is 1. The molecule has 16 heavy (non-hydrogen) atoms. The predicted molar refractivity (Wildman–Crippen MR) is 59.7 cm³/mol. The second kappa shape index (κ2) is 5.01.